The van der Waals surface area contributed by atoms with Crippen molar-refractivity contribution >= 4 is 15.0 Å². The Labute approximate surface area is 48.6 Å². The number of hydrogen-bond acceptors (Lipinski definition) is 2. The van der Waals surface area contributed by atoms with Gasteiger partial charge in [0.2, 0.25) is 0 Å². The maximum atomic E-state index is 8.01. The fraction of sp³-hybridized carbons (Fsp3) is 0.250. The molecule has 0 radical (unpaired) electrons. The van der Waals surface area contributed by atoms with Crippen LogP contribution in [0, 0.1) is 10.2 Å². The van der Waals surface area contributed by atoms with Gasteiger partial charge in [0.15, 0.2) is 0 Å². The molecule has 0 rings (SSSR count). The van der Waals surface area contributed by atoms with Gasteiger partial charge in [0, 0.05) is 0 Å². The Balaban J connectivity index is 2.87. The third-order valence-electron chi connectivity index (χ3n) is 0.350. The van der Waals surface area contributed by atoms with Crippen LogP contribution in [-0.2, 0) is 0 Å². The second kappa shape index (κ2) is 5.55. The quantitative estimate of drug-likeness (QED) is 0.368. The Kier molecular flexibility index (Phi) is 5.19. The zero-order valence-corrected chi connectivity index (χ0v) is 5.38. The van der Waals surface area contributed by atoms with Gasteiger partial charge < -0.3 is 0 Å². The van der Waals surface area contributed by atoms with Crippen molar-refractivity contribution in [3.8, 4) is 4.97 Å². The fourth-order valence-electron chi connectivity index (χ4n) is 0.128. The molecule has 0 atom stereocenters. The molecule has 0 aromatic rings. The summed E-state index contributed by atoms with van der Waals surface area (Å²) in [4.78, 5) is 2.00. The second-order valence-electron chi connectivity index (χ2n) is 0.787. The molecule has 0 amide bonds. The monoisotopic (exact) mass is 163 g/mol. The van der Waals surface area contributed by atoms with Crippen LogP contribution in [0.1, 0.15) is 0 Å². The molecule has 0 aliphatic rings. The molecule has 0 heterocycles. The van der Waals surface area contributed by atoms with E-state index in [1.807, 2.05) is 4.97 Å². The third-order valence-corrected chi connectivity index (χ3v) is 1.37. The van der Waals surface area contributed by atoms with Gasteiger partial charge in [-0.25, -0.2) is 0 Å². The number of nitrogens with zero attached hydrogens (tertiary/aromatic N) is 1. The first-order valence-corrected chi connectivity index (χ1v) is 3.78. The predicted octanol–water partition coefficient (Wildman–Crippen LogP) is 0.662. The molecule has 0 saturated carbocycles. The van der Waals surface area contributed by atoms with Gasteiger partial charge >= 0.3 is 48.0 Å². The number of aliphatic hydroxyl groups excluding tert-OH is 1. The van der Waals surface area contributed by atoms with E-state index in [-0.39, 0.29) is 15.0 Å². The van der Waals surface area contributed by atoms with Crippen LogP contribution in [0.2, 0.25) is 5.32 Å². The van der Waals surface area contributed by atoms with Crippen molar-refractivity contribution in [3.05, 3.63) is 12.3 Å². The molecule has 0 saturated heterocycles. The first-order valence-electron chi connectivity index (χ1n) is 1.72. The summed E-state index contributed by atoms with van der Waals surface area (Å²) in [5.74, 6) is 0. The molecule has 0 aromatic heterocycles. The average Bonchev–Trinajstić information content (AvgIpc) is 1.69. The van der Waals surface area contributed by atoms with Crippen molar-refractivity contribution < 1.29 is 5.11 Å². The van der Waals surface area contributed by atoms with Crippen LogP contribution in [0.5, 0.6) is 0 Å². The molecule has 7 heavy (non-hydrogen) atoms. The normalized spacial score (nSPS) is 9.00. The van der Waals surface area contributed by atoms with E-state index < -0.39 is 0 Å². The maximum absolute atomic E-state index is 8.01. The van der Waals surface area contributed by atoms with Crippen LogP contribution in [0.15, 0.2) is 12.3 Å². The van der Waals surface area contributed by atoms with Crippen LogP contribution in [0.25, 0.3) is 0 Å². The molecule has 0 fully saturated rings. The van der Waals surface area contributed by atoms with Gasteiger partial charge in [-0.1, -0.05) is 0 Å². The van der Waals surface area contributed by atoms with Gasteiger partial charge in [0.25, 0.3) is 0 Å². The Bertz CT molecular complexity index is 94.4. The summed E-state index contributed by atoms with van der Waals surface area (Å²) in [7, 11) is 0. The van der Waals surface area contributed by atoms with Crippen molar-refractivity contribution in [1.29, 1.82) is 5.26 Å². The SMILES string of the molecule is N#C[Se]CC=CO. The molecule has 0 unspecified atom stereocenters. The number of nitriles is 1. The van der Waals surface area contributed by atoms with Crippen LogP contribution in [0.4, 0.5) is 0 Å². The van der Waals surface area contributed by atoms with Gasteiger partial charge in [0.1, 0.15) is 0 Å². The molecule has 2 nitrogen and oxygen atoms in total. The summed E-state index contributed by atoms with van der Waals surface area (Å²) >= 11 is 0.0270. The summed E-state index contributed by atoms with van der Waals surface area (Å²) in [6, 6.07) is 0. The minimum absolute atomic E-state index is 0.0270. The summed E-state index contributed by atoms with van der Waals surface area (Å²) < 4.78 is 0. The van der Waals surface area contributed by atoms with Crippen LogP contribution >= 0.6 is 0 Å². The van der Waals surface area contributed by atoms with Crippen molar-refractivity contribution in [3.63, 3.8) is 0 Å². The third kappa shape index (κ3) is 5.55. The molecule has 0 aliphatic heterocycles. The van der Waals surface area contributed by atoms with Crippen LogP contribution < -0.4 is 0 Å². The van der Waals surface area contributed by atoms with E-state index >= 15 is 0 Å². The van der Waals surface area contributed by atoms with Crippen molar-refractivity contribution in [2.24, 2.45) is 0 Å². The molecule has 3 heteroatoms. The van der Waals surface area contributed by atoms with E-state index in [1.165, 1.54) is 0 Å². The Morgan fingerprint density at radius 2 is 2.57 bits per heavy atom. The van der Waals surface area contributed by atoms with Crippen LogP contribution in [0.3, 0.4) is 0 Å². The zero-order chi connectivity index (χ0) is 5.54. The van der Waals surface area contributed by atoms with Gasteiger partial charge in [-0.2, -0.15) is 0 Å². The summed E-state index contributed by atoms with van der Waals surface area (Å²) in [6.07, 6.45) is 2.54. The molecule has 0 aliphatic carbocycles. The van der Waals surface area contributed by atoms with Gasteiger partial charge in [-0.3, -0.25) is 0 Å². The van der Waals surface area contributed by atoms with Gasteiger partial charge in [-0.15, -0.1) is 0 Å². The standard InChI is InChI=1S/C4H5NOSe/c5-4-7-3-1-2-6/h1-2,6H,3H2. The van der Waals surface area contributed by atoms with Gasteiger partial charge in [0.05, 0.1) is 0 Å². The van der Waals surface area contributed by atoms with Crippen molar-refractivity contribution in [2.75, 3.05) is 0 Å². The average molecular weight is 162 g/mol. The Hall–Kier alpha value is -0.451. The first-order chi connectivity index (χ1) is 3.41. The number of hydrogen-bond donors (Lipinski definition) is 1. The van der Waals surface area contributed by atoms with E-state index in [9.17, 15) is 0 Å². The summed E-state index contributed by atoms with van der Waals surface area (Å²) in [5, 5.41) is 16.7. The summed E-state index contributed by atoms with van der Waals surface area (Å²) in [5.41, 5.74) is 0. The van der Waals surface area contributed by atoms with E-state index in [0.717, 1.165) is 6.26 Å². The van der Waals surface area contributed by atoms with Gasteiger partial charge in [-0.05, 0) is 0 Å². The van der Waals surface area contributed by atoms with Crippen LogP contribution in [-0.4, -0.2) is 20.1 Å². The number of allylic oxidation sites excluding steroid dienone is 1. The number of aliphatic hydroxyl groups is 1. The summed E-state index contributed by atoms with van der Waals surface area (Å²) in [6.45, 7) is 0. The topological polar surface area (TPSA) is 44.0 Å². The molecule has 1 N–H and O–H groups in total. The van der Waals surface area contributed by atoms with Crippen molar-refractivity contribution in [2.45, 2.75) is 5.32 Å². The first kappa shape index (κ1) is 6.55. The number of rotatable bonds is 2. The van der Waals surface area contributed by atoms with Crippen molar-refractivity contribution in [1.82, 2.24) is 0 Å². The molecule has 38 valence electrons. The second-order valence-corrected chi connectivity index (χ2v) is 2.48. The Morgan fingerprint density at radius 1 is 1.86 bits per heavy atom. The van der Waals surface area contributed by atoms with E-state index in [1.54, 1.807) is 6.08 Å². The molecular formula is C4H5NOSe. The van der Waals surface area contributed by atoms with E-state index in [4.69, 9.17) is 10.4 Å². The fourth-order valence-corrected chi connectivity index (χ4v) is 0.667. The molecule has 0 aromatic carbocycles. The molecular weight excluding hydrogens is 157 g/mol. The van der Waals surface area contributed by atoms with E-state index in [2.05, 4.69) is 0 Å². The minimum atomic E-state index is 0.0270. The molecule has 0 bridgehead atoms. The van der Waals surface area contributed by atoms with E-state index in [0.29, 0.717) is 5.32 Å². The predicted molar refractivity (Wildman–Crippen MR) is 27.9 cm³/mol. The molecule has 0 spiro atoms. The zero-order valence-electron chi connectivity index (χ0n) is 3.66. The Morgan fingerprint density at radius 3 is 3.00 bits per heavy atom.